The number of rotatable bonds is 10. The molecule has 18 heavy (non-hydrogen) atoms. The van der Waals surface area contributed by atoms with Gasteiger partial charge in [0, 0.05) is 58.0 Å². The van der Waals surface area contributed by atoms with Crippen molar-refractivity contribution >= 4 is 11.8 Å². The largest absolute Gasteiger partial charge is 0.385 e. The van der Waals surface area contributed by atoms with Gasteiger partial charge in [0.15, 0.2) is 0 Å². The highest BCUT2D eigenvalue weighted by Gasteiger charge is 2.14. The van der Waals surface area contributed by atoms with E-state index in [2.05, 4.69) is 22.0 Å². The molecule has 1 heterocycles. The van der Waals surface area contributed by atoms with Crippen LogP contribution in [0.5, 0.6) is 0 Å². The van der Waals surface area contributed by atoms with Crippen LogP contribution in [0.1, 0.15) is 12.8 Å². The molecule has 1 N–H and O–H groups in total. The summed E-state index contributed by atoms with van der Waals surface area (Å²) in [5.74, 6) is 2.52. The number of hydrogen-bond donors (Lipinski definition) is 1. The molecule has 0 amide bonds. The highest BCUT2D eigenvalue weighted by atomic mass is 32.2. The normalized spacial score (nSPS) is 20.5. The van der Waals surface area contributed by atoms with Gasteiger partial charge < -0.3 is 19.7 Å². The maximum absolute atomic E-state index is 5.18. The molecule has 1 atom stereocenters. The Bertz CT molecular complexity index is 190. The van der Waals surface area contributed by atoms with Gasteiger partial charge in [-0.25, -0.2) is 0 Å². The van der Waals surface area contributed by atoms with E-state index < -0.39 is 0 Å². The zero-order valence-electron chi connectivity index (χ0n) is 11.8. The molecule has 1 rings (SSSR count). The Labute approximate surface area is 116 Å². The third kappa shape index (κ3) is 7.59. The second-order valence-corrected chi connectivity index (χ2v) is 5.85. The van der Waals surface area contributed by atoms with Gasteiger partial charge in [0.2, 0.25) is 0 Å². The minimum Gasteiger partial charge on any atom is -0.385 e. The van der Waals surface area contributed by atoms with Crippen LogP contribution in [0.3, 0.4) is 0 Å². The van der Waals surface area contributed by atoms with E-state index in [0.29, 0.717) is 6.04 Å². The molecule has 108 valence electrons. The molecule has 0 bridgehead atoms. The highest BCUT2D eigenvalue weighted by molar-refractivity contribution is 7.99. The van der Waals surface area contributed by atoms with Gasteiger partial charge in [0.25, 0.3) is 0 Å². The number of nitrogens with one attached hydrogen (secondary N) is 1. The van der Waals surface area contributed by atoms with Crippen LogP contribution in [-0.4, -0.2) is 76.1 Å². The maximum Gasteiger partial charge on any atom is 0.0589 e. The van der Waals surface area contributed by atoms with Crippen LogP contribution in [0.2, 0.25) is 0 Å². The first-order valence-electron chi connectivity index (χ1n) is 6.88. The summed E-state index contributed by atoms with van der Waals surface area (Å²) in [6, 6.07) is 0.691. The number of hydrogen-bond acceptors (Lipinski definition) is 5. The fraction of sp³-hybridized carbons (Fsp3) is 1.00. The lowest BCUT2D eigenvalue weighted by atomic mass is 10.2. The molecule has 0 aromatic heterocycles. The van der Waals surface area contributed by atoms with Crippen LogP contribution >= 0.6 is 11.8 Å². The van der Waals surface area contributed by atoms with Gasteiger partial charge in [0.1, 0.15) is 0 Å². The Hall–Kier alpha value is 0.190. The minimum atomic E-state index is 0.691. The second-order valence-electron chi connectivity index (χ2n) is 4.70. The molecule has 0 aromatic rings. The molecule has 1 unspecified atom stereocenters. The molecular weight excluding hydrogens is 248 g/mol. The predicted molar refractivity (Wildman–Crippen MR) is 78.5 cm³/mol. The van der Waals surface area contributed by atoms with Crippen LogP contribution in [0, 0.1) is 0 Å². The summed E-state index contributed by atoms with van der Waals surface area (Å²) in [6.07, 6.45) is 2.34. The highest BCUT2D eigenvalue weighted by Crippen LogP contribution is 2.10. The summed E-state index contributed by atoms with van der Waals surface area (Å²) in [4.78, 5) is 2.49. The third-order valence-electron chi connectivity index (χ3n) is 3.23. The van der Waals surface area contributed by atoms with Gasteiger partial charge in [-0.05, 0) is 19.4 Å². The number of nitrogens with zero attached hydrogens (tertiary/aromatic N) is 1. The molecule has 4 nitrogen and oxygen atoms in total. The molecule has 1 aliphatic heterocycles. The first-order valence-corrected chi connectivity index (χ1v) is 8.03. The van der Waals surface area contributed by atoms with Crippen LogP contribution in [0.15, 0.2) is 0 Å². The van der Waals surface area contributed by atoms with Crippen molar-refractivity contribution in [2.45, 2.75) is 18.9 Å². The lowest BCUT2D eigenvalue weighted by Gasteiger charge is -2.27. The van der Waals surface area contributed by atoms with Crippen molar-refractivity contribution in [1.82, 2.24) is 10.2 Å². The average Bonchev–Trinajstić information content (AvgIpc) is 2.42. The van der Waals surface area contributed by atoms with Crippen LogP contribution < -0.4 is 5.32 Å². The maximum atomic E-state index is 5.18. The minimum absolute atomic E-state index is 0.691. The molecule has 0 saturated carbocycles. The molecular formula is C13H28N2O2S. The number of thioether (sulfide) groups is 1. The van der Waals surface area contributed by atoms with Crippen molar-refractivity contribution in [2.24, 2.45) is 0 Å². The third-order valence-corrected chi connectivity index (χ3v) is 4.36. The van der Waals surface area contributed by atoms with Crippen molar-refractivity contribution in [3.05, 3.63) is 0 Å². The second kappa shape index (κ2) is 11.1. The SMILES string of the molecule is COCCCN(CCOC)CCC1CSCCN1. The van der Waals surface area contributed by atoms with E-state index in [1.807, 2.05) is 0 Å². The summed E-state index contributed by atoms with van der Waals surface area (Å²) in [5.41, 5.74) is 0. The van der Waals surface area contributed by atoms with Gasteiger partial charge >= 0.3 is 0 Å². The Kier molecular flexibility index (Phi) is 9.98. The average molecular weight is 276 g/mol. The monoisotopic (exact) mass is 276 g/mol. The van der Waals surface area contributed by atoms with Crippen LogP contribution in [0.4, 0.5) is 0 Å². The fourth-order valence-electron chi connectivity index (χ4n) is 2.13. The molecule has 0 aliphatic carbocycles. The van der Waals surface area contributed by atoms with E-state index in [0.717, 1.165) is 45.8 Å². The number of ether oxygens (including phenoxy) is 2. The Balaban J connectivity index is 2.16. The molecule has 5 heteroatoms. The van der Waals surface area contributed by atoms with E-state index >= 15 is 0 Å². The van der Waals surface area contributed by atoms with Gasteiger partial charge in [-0.15, -0.1) is 0 Å². The zero-order valence-corrected chi connectivity index (χ0v) is 12.6. The van der Waals surface area contributed by atoms with Gasteiger partial charge in [-0.1, -0.05) is 0 Å². The summed E-state index contributed by atoms with van der Waals surface area (Å²) in [5, 5.41) is 3.59. The van der Waals surface area contributed by atoms with Crippen molar-refractivity contribution < 1.29 is 9.47 Å². The summed E-state index contributed by atoms with van der Waals surface area (Å²) < 4.78 is 10.3. The lowest BCUT2D eigenvalue weighted by Crippen LogP contribution is -2.41. The quantitative estimate of drug-likeness (QED) is 0.604. The standard InChI is InChI=1S/C13H28N2O2S/c1-16-9-3-6-15(8-10-17-2)7-4-13-12-18-11-5-14-13/h13-14H,3-12H2,1-2H3. The number of methoxy groups -OCH3 is 2. The fourth-order valence-corrected chi connectivity index (χ4v) is 3.13. The van der Waals surface area contributed by atoms with Crippen LogP contribution in [-0.2, 0) is 9.47 Å². The van der Waals surface area contributed by atoms with Gasteiger partial charge in [-0.3, -0.25) is 0 Å². The molecule has 0 spiro atoms. The summed E-state index contributed by atoms with van der Waals surface area (Å²) in [7, 11) is 3.54. The Morgan fingerprint density at radius 3 is 2.67 bits per heavy atom. The van der Waals surface area contributed by atoms with Gasteiger partial charge in [0.05, 0.1) is 6.61 Å². The molecule has 1 fully saturated rings. The molecule has 0 radical (unpaired) electrons. The van der Waals surface area contributed by atoms with Gasteiger partial charge in [-0.2, -0.15) is 11.8 Å². The Morgan fingerprint density at radius 1 is 1.17 bits per heavy atom. The first kappa shape index (κ1) is 16.2. The van der Waals surface area contributed by atoms with Crippen molar-refractivity contribution in [2.75, 3.05) is 65.1 Å². The van der Waals surface area contributed by atoms with Crippen molar-refractivity contribution in [3.8, 4) is 0 Å². The van der Waals surface area contributed by atoms with Crippen LogP contribution in [0.25, 0.3) is 0 Å². The van der Waals surface area contributed by atoms with E-state index in [-0.39, 0.29) is 0 Å². The van der Waals surface area contributed by atoms with Crippen molar-refractivity contribution in [3.63, 3.8) is 0 Å². The van der Waals surface area contributed by atoms with E-state index in [4.69, 9.17) is 9.47 Å². The molecule has 1 aliphatic rings. The predicted octanol–water partition coefficient (Wildman–Crippen LogP) is 1.07. The van der Waals surface area contributed by atoms with E-state index in [1.165, 1.54) is 17.9 Å². The summed E-state index contributed by atoms with van der Waals surface area (Å²) in [6.45, 7) is 6.13. The lowest BCUT2D eigenvalue weighted by molar-refractivity contribution is 0.130. The summed E-state index contributed by atoms with van der Waals surface area (Å²) >= 11 is 2.07. The zero-order chi connectivity index (χ0) is 13.1. The van der Waals surface area contributed by atoms with Crippen molar-refractivity contribution in [1.29, 1.82) is 0 Å². The smallest absolute Gasteiger partial charge is 0.0589 e. The molecule has 1 saturated heterocycles. The Morgan fingerprint density at radius 2 is 2.00 bits per heavy atom. The first-order chi connectivity index (χ1) is 8.86. The van der Waals surface area contributed by atoms with E-state index in [1.54, 1.807) is 14.2 Å². The topological polar surface area (TPSA) is 33.7 Å². The molecule has 0 aromatic carbocycles. The van der Waals surface area contributed by atoms with E-state index in [9.17, 15) is 0 Å².